The van der Waals surface area contributed by atoms with Gasteiger partial charge in [0.2, 0.25) is 0 Å². The molecule has 3 aliphatic carbocycles. The summed E-state index contributed by atoms with van der Waals surface area (Å²) in [5, 5.41) is 4.82. The number of fused-ring (bicyclic) bond motifs is 5. The van der Waals surface area contributed by atoms with Crippen LogP contribution in [0.2, 0.25) is 0 Å². The van der Waals surface area contributed by atoms with E-state index in [1.54, 1.807) is 0 Å². The Hall–Kier alpha value is -5.87. The maximum Gasteiger partial charge on any atom is 0.169 e. The Kier molecular flexibility index (Phi) is 7.20. The molecule has 242 valence electrons. The normalized spacial score (nSPS) is 24.9. The van der Waals surface area contributed by atoms with Crippen molar-refractivity contribution >= 4 is 34.2 Å². The van der Waals surface area contributed by atoms with Gasteiger partial charge in [-0.15, -0.1) is 0 Å². The van der Waals surface area contributed by atoms with Gasteiger partial charge in [0.05, 0.1) is 11.2 Å². The van der Waals surface area contributed by atoms with Crippen molar-refractivity contribution in [1.29, 1.82) is 0 Å². The number of benzene rings is 4. The molecule has 0 bridgehead atoms. The molecule has 0 saturated heterocycles. The van der Waals surface area contributed by atoms with E-state index in [1.807, 2.05) is 36.4 Å². The molecule has 0 fully saturated rings. The lowest BCUT2D eigenvalue weighted by atomic mass is 9.60. The molecule has 5 aromatic rings. The summed E-state index contributed by atoms with van der Waals surface area (Å²) >= 11 is 0. The predicted octanol–water partition coefficient (Wildman–Crippen LogP) is 10.3. The number of allylic oxidation sites excluding steroid dienone is 9. The summed E-state index contributed by atoms with van der Waals surface area (Å²) in [6.45, 7) is 4.71. The molecule has 0 radical (unpaired) electrons. The first-order valence-corrected chi connectivity index (χ1v) is 17.5. The third-order valence-electron chi connectivity index (χ3n) is 10.8. The molecule has 1 aromatic heterocycles. The monoisotopic (exact) mass is 646 g/mol. The van der Waals surface area contributed by atoms with Crippen LogP contribution < -0.4 is 5.32 Å². The molecule has 0 amide bonds. The van der Waals surface area contributed by atoms with E-state index >= 15 is 0 Å². The van der Waals surface area contributed by atoms with Crippen LogP contribution in [0, 0.1) is 5.41 Å². The maximum absolute atomic E-state index is 5.34. The lowest BCUT2D eigenvalue weighted by Crippen LogP contribution is -2.36. The number of nitrogens with one attached hydrogen (secondary N) is 1. The molecule has 4 heteroatoms. The molecule has 9 rings (SSSR count). The second-order valence-corrected chi connectivity index (χ2v) is 14.1. The largest absolute Gasteiger partial charge is 0.324 e. The Bertz CT molecular complexity index is 2360. The average Bonchev–Trinajstić information content (AvgIpc) is 3.18. The molecule has 4 atom stereocenters. The maximum atomic E-state index is 5.34. The first kappa shape index (κ1) is 30.2. The van der Waals surface area contributed by atoms with Crippen molar-refractivity contribution < 1.29 is 0 Å². The smallest absolute Gasteiger partial charge is 0.169 e. The van der Waals surface area contributed by atoms with Gasteiger partial charge in [0.15, 0.2) is 6.17 Å². The molecule has 2 heterocycles. The van der Waals surface area contributed by atoms with Crippen LogP contribution in [-0.4, -0.2) is 16.7 Å². The molecule has 0 spiro atoms. The van der Waals surface area contributed by atoms with Crippen molar-refractivity contribution in [3.63, 3.8) is 0 Å². The van der Waals surface area contributed by atoms with Gasteiger partial charge in [-0.3, -0.25) is 4.98 Å². The molecule has 4 aliphatic rings. The van der Waals surface area contributed by atoms with E-state index in [9.17, 15) is 0 Å². The summed E-state index contributed by atoms with van der Waals surface area (Å²) in [5.41, 5.74) is 10.00. The second kappa shape index (κ2) is 11.9. The Morgan fingerprint density at radius 1 is 0.700 bits per heavy atom. The number of rotatable bonds is 5. The Labute approximate surface area is 293 Å². The molecule has 4 nitrogen and oxygen atoms in total. The topological polar surface area (TPSA) is 49.6 Å². The number of amidine groups is 2. The van der Waals surface area contributed by atoms with Crippen molar-refractivity contribution in [3.05, 3.63) is 197 Å². The first-order valence-electron chi connectivity index (χ1n) is 17.5. The highest BCUT2D eigenvalue weighted by Gasteiger charge is 2.43. The fourth-order valence-electron chi connectivity index (χ4n) is 8.11. The SMILES string of the molecule is CC1(c2nc3ccccc3c3c2C=CC2(C)C(c4cccc(C5=NC(c6ccccc6)N=C(c6ccccc6)N5)c4)=CC=CC32)C=CC=CC1. The first-order chi connectivity index (χ1) is 24.5. The van der Waals surface area contributed by atoms with Crippen LogP contribution >= 0.6 is 0 Å². The van der Waals surface area contributed by atoms with Crippen molar-refractivity contribution in [2.75, 3.05) is 0 Å². The number of hydrogen-bond donors (Lipinski definition) is 1. The van der Waals surface area contributed by atoms with Gasteiger partial charge in [0, 0.05) is 38.8 Å². The highest BCUT2D eigenvalue weighted by molar-refractivity contribution is 6.16. The minimum atomic E-state index is -0.338. The van der Waals surface area contributed by atoms with Crippen LogP contribution in [0.1, 0.15) is 71.4 Å². The molecule has 4 unspecified atom stereocenters. The van der Waals surface area contributed by atoms with Crippen molar-refractivity contribution in [3.8, 4) is 0 Å². The fraction of sp³-hybridized carbons (Fsp3) is 0.152. The van der Waals surface area contributed by atoms with Crippen LogP contribution in [-0.2, 0) is 5.41 Å². The number of pyridine rings is 1. The highest BCUT2D eigenvalue weighted by atomic mass is 15.2. The zero-order valence-corrected chi connectivity index (χ0v) is 28.3. The Balaban J connectivity index is 1.13. The lowest BCUT2D eigenvalue weighted by Gasteiger charge is -2.43. The van der Waals surface area contributed by atoms with Crippen LogP contribution in [0.3, 0.4) is 0 Å². The van der Waals surface area contributed by atoms with Gasteiger partial charge in [-0.1, -0.05) is 166 Å². The minimum absolute atomic E-state index is 0.147. The number of nitrogens with zero attached hydrogens (tertiary/aromatic N) is 3. The van der Waals surface area contributed by atoms with E-state index in [4.69, 9.17) is 15.0 Å². The molecular formula is C46H38N4. The third kappa shape index (κ3) is 5.02. The second-order valence-electron chi connectivity index (χ2n) is 14.1. The average molecular weight is 647 g/mol. The number of para-hydroxylation sites is 1. The van der Waals surface area contributed by atoms with E-state index in [1.165, 1.54) is 27.6 Å². The van der Waals surface area contributed by atoms with Crippen LogP contribution in [0.15, 0.2) is 168 Å². The molecule has 0 saturated carbocycles. The Morgan fingerprint density at radius 3 is 2.22 bits per heavy atom. The lowest BCUT2D eigenvalue weighted by molar-refractivity contribution is 0.497. The van der Waals surface area contributed by atoms with E-state index in [0.29, 0.717) is 0 Å². The molecule has 50 heavy (non-hydrogen) atoms. The van der Waals surface area contributed by atoms with E-state index in [2.05, 4.69) is 147 Å². The predicted molar refractivity (Wildman–Crippen MR) is 207 cm³/mol. The van der Waals surface area contributed by atoms with Crippen LogP contribution in [0.5, 0.6) is 0 Å². The molecular weight excluding hydrogens is 609 g/mol. The molecule has 4 aromatic carbocycles. The quantitative estimate of drug-likeness (QED) is 0.207. The summed E-state index contributed by atoms with van der Waals surface area (Å²) in [6, 6.07) is 38.1. The standard InChI is InChI=1S/C46H38N4/c1-45(27-12-5-13-28-45)41-36-26-29-46(2)37(23-15-24-38(46)40(36)35-22-10-11-25-39(35)47-41)33-20-14-21-34(30-33)44-49-42(31-16-6-3-7-17-31)48-43(50-44)32-18-8-4-9-19-32/h3-27,29-30,38,42H,28H2,1-2H3,(H,48,49,50). The van der Waals surface area contributed by atoms with E-state index in [0.717, 1.165) is 46.0 Å². The highest BCUT2D eigenvalue weighted by Crippen LogP contribution is 2.56. The zero-order valence-electron chi connectivity index (χ0n) is 28.3. The van der Waals surface area contributed by atoms with Gasteiger partial charge in [0.1, 0.15) is 11.7 Å². The summed E-state index contributed by atoms with van der Waals surface area (Å²) in [7, 11) is 0. The minimum Gasteiger partial charge on any atom is -0.324 e. The van der Waals surface area contributed by atoms with Gasteiger partial charge in [-0.25, -0.2) is 9.98 Å². The van der Waals surface area contributed by atoms with E-state index in [-0.39, 0.29) is 22.9 Å². The number of aromatic nitrogens is 1. The van der Waals surface area contributed by atoms with Crippen molar-refractivity contribution in [2.24, 2.45) is 15.4 Å². The summed E-state index contributed by atoms with van der Waals surface area (Å²) < 4.78 is 0. The summed E-state index contributed by atoms with van der Waals surface area (Å²) in [5.74, 6) is 1.79. The molecule has 1 N–H and O–H groups in total. The van der Waals surface area contributed by atoms with Gasteiger partial charge >= 0.3 is 0 Å². The van der Waals surface area contributed by atoms with E-state index < -0.39 is 0 Å². The van der Waals surface area contributed by atoms with Gasteiger partial charge in [-0.2, -0.15) is 0 Å². The zero-order chi connectivity index (χ0) is 33.7. The van der Waals surface area contributed by atoms with Crippen molar-refractivity contribution in [1.82, 2.24) is 10.3 Å². The van der Waals surface area contributed by atoms with Gasteiger partial charge in [0.25, 0.3) is 0 Å². The third-order valence-corrected chi connectivity index (χ3v) is 10.8. The molecule has 1 aliphatic heterocycles. The van der Waals surface area contributed by atoms with Crippen LogP contribution in [0.4, 0.5) is 0 Å². The van der Waals surface area contributed by atoms with Gasteiger partial charge in [-0.05, 0) is 40.8 Å². The fourth-order valence-corrected chi connectivity index (χ4v) is 8.11. The summed E-state index contributed by atoms with van der Waals surface area (Å²) in [4.78, 5) is 15.5. The van der Waals surface area contributed by atoms with Crippen molar-refractivity contribution in [2.45, 2.75) is 37.8 Å². The number of aliphatic imine (C=N–C) groups is 2. The Morgan fingerprint density at radius 2 is 1.42 bits per heavy atom. The number of hydrogen-bond acceptors (Lipinski definition) is 4. The summed E-state index contributed by atoms with van der Waals surface area (Å²) in [6.07, 6.45) is 21.2. The van der Waals surface area contributed by atoms with Gasteiger partial charge < -0.3 is 5.32 Å². The van der Waals surface area contributed by atoms with Crippen LogP contribution in [0.25, 0.3) is 22.6 Å².